The lowest BCUT2D eigenvalue weighted by Crippen LogP contribution is -2.37. The van der Waals surface area contributed by atoms with Crippen LogP contribution in [0.25, 0.3) is 0 Å². The molecule has 24 heavy (non-hydrogen) atoms. The summed E-state index contributed by atoms with van der Waals surface area (Å²) >= 11 is 0. The van der Waals surface area contributed by atoms with Gasteiger partial charge in [0, 0.05) is 31.7 Å². The van der Waals surface area contributed by atoms with Crippen molar-refractivity contribution < 1.29 is 19.1 Å². The largest absolute Gasteiger partial charge is 0.494 e. The van der Waals surface area contributed by atoms with E-state index in [1.165, 1.54) is 0 Å². The maximum absolute atomic E-state index is 12.6. The van der Waals surface area contributed by atoms with Gasteiger partial charge in [-0.05, 0) is 44.0 Å². The summed E-state index contributed by atoms with van der Waals surface area (Å²) in [7, 11) is 0. The van der Waals surface area contributed by atoms with E-state index < -0.39 is 0 Å². The number of rotatable bonds is 5. The van der Waals surface area contributed by atoms with E-state index >= 15 is 0 Å². The van der Waals surface area contributed by atoms with Crippen LogP contribution in [0, 0.1) is 0 Å². The Hall–Kier alpha value is -2.24. The molecular formula is C18H26N2O4. The smallest absolute Gasteiger partial charge is 0.409 e. The van der Waals surface area contributed by atoms with Gasteiger partial charge in [0.05, 0.1) is 13.2 Å². The highest BCUT2D eigenvalue weighted by Gasteiger charge is 2.23. The summed E-state index contributed by atoms with van der Waals surface area (Å²) in [6.45, 7) is 7.16. The lowest BCUT2D eigenvalue weighted by atomic mass is 10.2. The Bertz CT molecular complexity index is 544. The van der Waals surface area contributed by atoms with Crippen LogP contribution in [-0.2, 0) is 4.74 Å². The first-order valence-corrected chi connectivity index (χ1v) is 8.59. The average molecular weight is 334 g/mol. The fourth-order valence-corrected chi connectivity index (χ4v) is 2.61. The van der Waals surface area contributed by atoms with Gasteiger partial charge in [-0.3, -0.25) is 4.79 Å². The minimum atomic E-state index is -0.302. The van der Waals surface area contributed by atoms with Crippen molar-refractivity contribution in [2.24, 2.45) is 0 Å². The second-order valence-corrected chi connectivity index (χ2v) is 5.70. The van der Waals surface area contributed by atoms with Crippen LogP contribution in [0.1, 0.15) is 37.0 Å². The Morgan fingerprint density at radius 1 is 1.00 bits per heavy atom. The van der Waals surface area contributed by atoms with Crippen LogP contribution in [0.4, 0.5) is 4.79 Å². The Balaban J connectivity index is 1.93. The molecule has 1 heterocycles. The van der Waals surface area contributed by atoms with Gasteiger partial charge in [0.15, 0.2) is 0 Å². The molecule has 1 aliphatic heterocycles. The average Bonchev–Trinajstić information content (AvgIpc) is 2.86. The van der Waals surface area contributed by atoms with Gasteiger partial charge < -0.3 is 19.3 Å². The number of carbonyl (C=O) groups excluding carboxylic acids is 2. The molecule has 2 rings (SSSR count). The maximum atomic E-state index is 12.6. The van der Waals surface area contributed by atoms with Crippen LogP contribution < -0.4 is 4.74 Å². The molecule has 1 aliphatic rings. The van der Waals surface area contributed by atoms with Gasteiger partial charge >= 0.3 is 6.09 Å². The maximum Gasteiger partial charge on any atom is 0.409 e. The lowest BCUT2D eigenvalue weighted by molar-refractivity contribution is 0.0753. The molecule has 0 bridgehead atoms. The van der Waals surface area contributed by atoms with E-state index in [0.29, 0.717) is 45.0 Å². The predicted octanol–water partition coefficient (Wildman–Crippen LogP) is 2.78. The Labute approximate surface area is 143 Å². The number of amides is 2. The summed E-state index contributed by atoms with van der Waals surface area (Å²) < 4.78 is 10.6. The van der Waals surface area contributed by atoms with E-state index in [-0.39, 0.29) is 12.0 Å². The molecule has 0 aromatic heterocycles. The highest BCUT2D eigenvalue weighted by molar-refractivity contribution is 5.94. The van der Waals surface area contributed by atoms with Gasteiger partial charge in [-0.25, -0.2) is 4.79 Å². The summed E-state index contributed by atoms with van der Waals surface area (Å²) in [5.74, 6) is 0.764. The monoisotopic (exact) mass is 334 g/mol. The minimum Gasteiger partial charge on any atom is -0.494 e. The second kappa shape index (κ2) is 9.15. The highest BCUT2D eigenvalue weighted by Crippen LogP contribution is 2.15. The molecule has 1 saturated heterocycles. The summed E-state index contributed by atoms with van der Waals surface area (Å²) in [6, 6.07) is 7.24. The van der Waals surface area contributed by atoms with Crippen molar-refractivity contribution in [3.05, 3.63) is 29.8 Å². The number of carbonyl (C=O) groups is 2. The normalized spacial score (nSPS) is 14.9. The molecule has 0 saturated carbocycles. The van der Waals surface area contributed by atoms with E-state index in [1.54, 1.807) is 28.9 Å². The Kier molecular flexibility index (Phi) is 6.90. The van der Waals surface area contributed by atoms with Gasteiger partial charge in [0.1, 0.15) is 5.75 Å². The zero-order valence-corrected chi connectivity index (χ0v) is 14.5. The molecule has 6 heteroatoms. The third-order valence-corrected chi connectivity index (χ3v) is 3.88. The van der Waals surface area contributed by atoms with E-state index in [4.69, 9.17) is 9.47 Å². The number of ether oxygens (including phenoxy) is 2. The lowest BCUT2D eigenvalue weighted by Gasteiger charge is -2.21. The summed E-state index contributed by atoms with van der Waals surface area (Å²) in [5, 5.41) is 0. The molecule has 0 spiro atoms. The zero-order chi connectivity index (χ0) is 17.4. The first-order valence-electron chi connectivity index (χ1n) is 8.59. The van der Waals surface area contributed by atoms with Crippen LogP contribution in [0.15, 0.2) is 24.3 Å². The highest BCUT2D eigenvalue weighted by atomic mass is 16.6. The van der Waals surface area contributed by atoms with E-state index in [9.17, 15) is 9.59 Å². The Morgan fingerprint density at radius 2 is 1.67 bits per heavy atom. The molecular weight excluding hydrogens is 308 g/mol. The molecule has 0 N–H and O–H groups in total. The third-order valence-electron chi connectivity index (χ3n) is 3.88. The number of benzene rings is 1. The van der Waals surface area contributed by atoms with Crippen molar-refractivity contribution in [3.63, 3.8) is 0 Å². The van der Waals surface area contributed by atoms with Gasteiger partial charge in [0.2, 0.25) is 0 Å². The first kappa shape index (κ1) is 18.1. The molecule has 0 aliphatic carbocycles. The number of hydrogen-bond acceptors (Lipinski definition) is 4. The van der Waals surface area contributed by atoms with Crippen molar-refractivity contribution in [1.82, 2.24) is 9.80 Å². The predicted molar refractivity (Wildman–Crippen MR) is 91.3 cm³/mol. The number of nitrogens with zero attached hydrogens (tertiary/aromatic N) is 2. The molecule has 1 aromatic rings. The van der Waals surface area contributed by atoms with E-state index in [0.717, 1.165) is 18.6 Å². The van der Waals surface area contributed by atoms with Crippen molar-refractivity contribution in [1.29, 1.82) is 0 Å². The SMILES string of the molecule is CCCOc1ccc(C(=O)N2CCCN(C(=O)OCC)CC2)cc1. The van der Waals surface area contributed by atoms with Crippen molar-refractivity contribution in [2.75, 3.05) is 39.4 Å². The van der Waals surface area contributed by atoms with Crippen LogP contribution in [0.3, 0.4) is 0 Å². The molecule has 1 fully saturated rings. The summed E-state index contributed by atoms with van der Waals surface area (Å²) in [5.41, 5.74) is 0.642. The van der Waals surface area contributed by atoms with Crippen molar-refractivity contribution in [3.8, 4) is 5.75 Å². The fraction of sp³-hybridized carbons (Fsp3) is 0.556. The van der Waals surface area contributed by atoms with Crippen molar-refractivity contribution >= 4 is 12.0 Å². The molecule has 0 unspecified atom stereocenters. The summed E-state index contributed by atoms with van der Waals surface area (Å²) in [6.07, 6.45) is 1.40. The summed E-state index contributed by atoms with van der Waals surface area (Å²) in [4.78, 5) is 27.9. The molecule has 1 aromatic carbocycles. The van der Waals surface area contributed by atoms with Crippen molar-refractivity contribution in [2.45, 2.75) is 26.7 Å². The molecule has 0 atom stereocenters. The second-order valence-electron chi connectivity index (χ2n) is 5.70. The molecule has 0 radical (unpaired) electrons. The topological polar surface area (TPSA) is 59.1 Å². The van der Waals surface area contributed by atoms with E-state index in [1.807, 2.05) is 12.1 Å². The quantitative estimate of drug-likeness (QED) is 0.831. The first-order chi connectivity index (χ1) is 11.7. The number of hydrogen-bond donors (Lipinski definition) is 0. The molecule has 6 nitrogen and oxygen atoms in total. The zero-order valence-electron chi connectivity index (χ0n) is 14.5. The minimum absolute atomic E-state index is 0.0113. The Morgan fingerprint density at radius 3 is 2.33 bits per heavy atom. The van der Waals surface area contributed by atoms with Gasteiger partial charge in [-0.15, -0.1) is 0 Å². The van der Waals surface area contributed by atoms with Gasteiger partial charge in [-0.1, -0.05) is 6.92 Å². The third kappa shape index (κ3) is 4.88. The molecule has 132 valence electrons. The van der Waals surface area contributed by atoms with Crippen LogP contribution in [0.5, 0.6) is 5.75 Å². The van der Waals surface area contributed by atoms with Crippen LogP contribution >= 0.6 is 0 Å². The van der Waals surface area contributed by atoms with Crippen LogP contribution in [-0.4, -0.2) is 61.2 Å². The standard InChI is InChI=1S/C18H26N2O4/c1-3-14-24-16-8-6-15(7-9-16)17(21)19-10-5-11-20(13-12-19)18(22)23-4-2/h6-9H,3-5,10-14H2,1-2H3. The van der Waals surface area contributed by atoms with E-state index in [2.05, 4.69) is 6.92 Å². The van der Waals surface area contributed by atoms with Gasteiger partial charge in [0.25, 0.3) is 5.91 Å². The van der Waals surface area contributed by atoms with Crippen LogP contribution in [0.2, 0.25) is 0 Å². The van der Waals surface area contributed by atoms with Gasteiger partial charge in [-0.2, -0.15) is 0 Å². The molecule has 2 amide bonds. The fourth-order valence-electron chi connectivity index (χ4n) is 2.61.